The number of rotatable bonds is 3. The van der Waals surface area contributed by atoms with Gasteiger partial charge in [0.15, 0.2) is 0 Å². The van der Waals surface area contributed by atoms with Crippen LogP contribution in [0.15, 0.2) is 30.3 Å². The second-order valence-corrected chi connectivity index (χ2v) is 5.15. The lowest BCUT2D eigenvalue weighted by atomic mass is 9.86. The van der Waals surface area contributed by atoms with Crippen LogP contribution in [0.3, 0.4) is 0 Å². The fraction of sp³-hybridized carbons (Fsp3) is 0.533. The molecule has 2 atom stereocenters. The molecule has 1 fully saturated rings. The van der Waals surface area contributed by atoms with Gasteiger partial charge < -0.3 is 4.90 Å². The zero-order valence-corrected chi connectivity index (χ0v) is 10.6. The van der Waals surface area contributed by atoms with E-state index in [1.54, 1.807) is 0 Å². The topological polar surface area (TPSA) is 27.0 Å². The van der Waals surface area contributed by atoms with Crippen molar-refractivity contribution in [2.75, 3.05) is 13.1 Å². The Morgan fingerprint density at radius 2 is 2.00 bits per heavy atom. The third-order valence-corrected chi connectivity index (χ3v) is 3.76. The van der Waals surface area contributed by atoms with Crippen LogP contribution in [0.5, 0.6) is 0 Å². The molecule has 90 valence electrons. The lowest BCUT2D eigenvalue weighted by Crippen LogP contribution is -2.29. The molecule has 0 saturated carbocycles. The summed E-state index contributed by atoms with van der Waals surface area (Å²) in [5, 5.41) is 9.40. The fourth-order valence-corrected chi connectivity index (χ4v) is 2.67. The lowest BCUT2D eigenvalue weighted by molar-refractivity contribution is 0.262. The first-order valence-corrected chi connectivity index (χ1v) is 6.41. The average molecular weight is 228 g/mol. The molecule has 1 aliphatic heterocycles. The Morgan fingerprint density at radius 3 is 2.53 bits per heavy atom. The normalized spacial score (nSPS) is 22.6. The molecule has 0 unspecified atom stereocenters. The molecule has 1 saturated heterocycles. The number of likely N-dealkylation sites (tertiary alicyclic amines) is 1. The van der Waals surface area contributed by atoms with Gasteiger partial charge in [0.05, 0.1) is 12.0 Å². The second-order valence-electron chi connectivity index (χ2n) is 5.15. The van der Waals surface area contributed by atoms with E-state index in [0.29, 0.717) is 12.0 Å². The summed E-state index contributed by atoms with van der Waals surface area (Å²) in [6, 6.07) is 13.3. The van der Waals surface area contributed by atoms with Gasteiger partial charge in [-0.1, -0.05) is 30.3 Å². The Bertz CT molecular complexity index is 391. The Balaban J connectivity index is 2.09. The first-order chi connectivity index (χ1) is 8.22. The molecule has 0 spiro atoms. The van der Waals surface area contributed by atoms with E-state index in [9.17, 15) is 5.26 Å². The summed E-state index contributed by atoms with van der Waals surface area (Å²) in [6.45, 7) is 6.65. The van der Waals surface area contributed by atoms with Crippen molar-refractivity contribution in [2.45, 2.75) is 32.2 Å². The van der Waals surface area contributed by atoms with Crippen molar-refractivity contribution in [1.29, 1.82) is 5.26 Å². The smallest absolute Gasteiger partial charge is 0.0753 e. The van der Waals surface area contributed by atoms with Gasteiger partial charge in [0.2, 0.25) is 0 Å². The molecule has 0 amide bonds. The lowest BCUT2D eigenvalue weighted by Gasteiger charge is -2.22. The van der Waals surface area contributed by atoms with Crippen molar-refractivity contribution in [3.05, 3.63) is 35.9 Å². The van der Waals surface area contributed by atoms with Crippen molar-refractivity contribution >= 4 is 0 Å². The zero-order valence-electron chi connectivity index (χ0n) is 10.6. The molecule has 1 aromatic carbocycles. The molecular weight excluding hydrogens is 208 g/mol. The zero-order chi connectivity index (χ0) is 12.3. The molecule has 17 heavy (non-hydrogen) atoms. The molecule has 0 N–H and O–H groups in total. The maximum atomic E-state index is 9.40. The van der Waals surface area contributed by atoms with E-state index in [4.69, 9.17) is 0 Å². The highest BCUT2D eigenvalue weighted by Crippen LogP contribution is 2.32. The van der Waals surface area contributed by atoms with Gasteiger partial charge in [-0.05, 0) is 38.3 Å². The quantitative estimate of drug-likeness (QED) is 0.795. The fourth-order valence-electron chi connectivity index (χ4n) is 2.67. The van der Waals surface area contributed by atoms with Gasteiger partial charge in [0, 0.05) is 12.6 Å². The predicted octanol–water partition coefficient (Wildman–Crippen LogP) is 3.02. The first-order valence-electron chi connectivity index (χ1n) is 6.41. The van der Waals surface area contributed by atoms with Crippen LogP contribution in [0.4, 0.5) is 0 Å². The number of nitriles is 1. The molecule has 2 rings (SSSR count). The number of nitrogens with zero attached hydrogens (tertiary/aromatic N) is 2. The van der Waals surface area contributed by atoms with Gasteiger partial charge >= 0.3 is 0 Å². The minimum atomic E-state index is 0.0555. The van der Waals surface area contributed by atoms with Gasteiger partial charge in [-0.15, -0.1) is 0 Å². The van der Waals surface area contributed by atoms with E-state index in [0.717, 1.165) is 19.5 Å². The number of hydrogen-bond acceptors (Lipinski definition) is 2. The summed E-state index contributed by atoms with van der Waals surface area (Å²) in [7, 11) is 0. The standard InChI is InChI=1S/C15H20N2/c1-12(2)17-9-8-14(11-17)15(10-16)13-6-4-3-5-7-13/h3-7,12,14-15H,8-9,11H2,1-2H3/t14-,15+/m1/s1. The predicted molar refractivity (Wildman–Crippen MR) is 69.6 cm³/mol. The second kappa shape index (κ2) is 5.33. The van der Waals surface area contributed by atoms with E-state index in [-0.39, 0.29) is 5.92 Å². The minimum absolute atomic E-state index is 0.0555. The summed E-state index contributed by atoms with van der Waals surface area (Å²) >= 11 is 0. The highest BCUT2D eigenvalue weighted by Gasteiger charge is 2.31. The van der Waals surface area contributed by atoms with Crippen LogP contribution >= 0.6 is 0 Å². The van der Waals surface area contributed by atoms with E-state index in [1.165, 1.54) is 5.56 Å². The Hall–Kier alpha value is -1.33. The SMILES string of the molecule is CC(C)N1CC[C@@H]([C@@H](C#N)c2ccccc2)C1. The minimum Gasteiger partial charge on any atom is -0.301 e. The van der Waals surface area contributed by atoms with Crippen LogP contribution in [0.2, 0.25) is 0 Å². The van der Waals surface area contributed by atoms with Crippen molar-refractivity contribution in [3.8, 4) is 6.07 Å². The molecule has 1 heterocycles. The molecule has 1 aromatic rings. The Kier molecular flexibility index (Phi) is 3.81. The van der Waals surface area contributed by atoms with E-state index in [1.807, 2.05) is 18.2 Å². The monoisotopic (exact) mass is 228 g/mol. The summed E-state index contributed by atoms with van der Waals surface area (Å²) < 4.78 is 0. The molecule has 2 nitrogen and oxygen atoms in total. The summed E-state index contributed by atoms with van der Waals surface area (Å²) in [5.74, 6) is 0.546. The van der Waals surface area contributed by atoms with Crippen molar-refractivity contribution in [2.24, 2.45) is 5.92 Å². The molecule has 0 aromatic heterocycles. The van der Waals surface area contributed by atoms with E-state index >= 15 is 0 Å². The highest BCUT2D eigenvalue weighted by atomic mass is 15.2. The molecule has 0 aliphatic carbocycles. The van der Waals surface area contributed by atoms with Crippen LogP contribution in [-0.2, 0) is 0 Å². The summed E-state index contributed by atoms with van der Waals surface area (Å²) in [5.41, 5.74) is 1.17. The van der Waals surface area contributed by atoms with Crippen LogP contribution in [0, 0.1) is 17.2 Å². The summed E-state index contributed by atoms with van der Waals surface area (Å²) in [6.07, 6.45) is 1.14. The average Bonchev–Trinajstić information content (AvgIpc) is 2.81. The molecule has 0 bridgehead atoms. The third kappa shape index (κ3) is 2.68. The Morgan fingerprint density at radius 1 is 1.29 bits per heavy atom. The van der Waals surface area contributed by atoms with Crippen LogP contribution in [0.25, 0.3) is 0 Å². The molecule has 1 aliphatic rings. The van der Waals surface area contributed by atoms with Gasteiger partial charge in [-0.25, -0.2) is 0 Å². The Labute approximate surface area is 104 Å². The first kappa shape index (κ1) is 12.1. The summed E-state index contributed by atoms with van der Waals surface area (Å²) in [4.78, 5) is 2.47. The maximum Gasteiger partial charge on any atom is 0.0753 e. The van der Waals surface area contributed by atoms with Gasteiger partial charge in [0.1, 0.15) is 0 Å². The van der Waals surface area contributed by atoms with Crippen LogP contribution < -0.4 is 0 Å². The molecule has 2 heteroatoms. The van der Waals surface area contributed by atoms with Crippen molar-refractivity contribution < 1.29 is 0 Å². The van der Waals surface area contributed by atoms with Gasteiger partial charge in [0.25, 0.3) is 0 Å². The van der Waals surface area contributed by atoms with Gasteiger partial charge in [-0.3, -0.25) is 0 Å². The van der Waals surface area contributed by atoms with Gasteiger partial charge in [-0.2, -0.15) is 5.26 Å². The third-order valence-electron chi connectivity index (χ3n) is 3.76. The van der Waals surface area contributed by atoms with Crippen LogP contribution in [0.1, 0.15) is 31.7 Å². The van der Waals surface area contributed by atoms with Crippen molar-refractivity contribution in [1.82, 2.24) is 4.90 Å². The van der Waals surface area contributed by atoms with E-state index in [2.05, 4.69) is 36.9 Å². The number of hydrogen-bond donors (Lipinski definition) is 0. The molecular formula is C15H20N2. The number of benzene rings is 1. The maximum absolute atomic E-state index is 9.40. The van der Waals surface area contributed by atoms with Crippen LogP contribution in [-0.4, -0.2) is 24.0 Å². The van der Waals surface area contributed by atoms with E-state index < -0.39 is 0 Å². The van der Waals surface area contributed by atoms with Crippen molar-refractivity contribution in [3.63, 3.8) is 0 Å². The molecule has 0 radical (unpaired) electrons. The largest absolute Gasteiger partial charge is 0.301 e. The highest BCUT2D eigenvalue weighted by molar-refractivity contribution is 5.26.